The minimum absolute atomic E-state index is 0.00424. The highest BCUT2D eigenvalue weighted by Gasteiger charge is 2.09. The SMILES string of the molecule is CC(C)NC(=O)/C(C#N)=C\Nc1ccc(C(C)C)cc1. The first-order valence-corrected chi connectivity index (χ1v) is 6.71. The van der Waals surface area contributed by atoms with Gasteiger partial charge >= 0.3 is 0 Å². The van der Waals surface area contributed by atoms with Gasteiger partial charge in [-0.05, 0) is 37.5 Å². The van der Waals surface area contributed by atoms with E-state index in [1.165, 1.54) is 11.8 Å². The monoisotopic (exact) mass is 271 g/mol. The predicted molar refractivity (Wildman–Crippen MR) is 81.1 cm³/mol. The Morgan fingerprint density at radius 3 is 2.25 bits per heavy atom. The molecule has 0 aliphatic rings. The average Bonchev–Trinajstić information content (AvgIpc) is 2.39. The summed E-state index contributed by atoms with van der Waals surface area (Å²) in [7, 11) is 0. The number of nitrogens with one attached hydrogen (secondary N) is 2. The number of carbonyl (C=O) groups is 1. The molecule has 1 aromatic carbocycles. The Morgan fingerprint density at radius 2 is 1.80 bits per heavy atom. The summed E-state index contributed by atoms with van der Waals surface area (Å²) in [5.41, 5.74) is 2.16. The van der Waals surface area contributed by atoms with Crippen molar-refractivity contribution in [1.82, 2.24) is 5.32 Å². The Kier molecular flexibility index (Phi) is 5.79. The summed E-state index contributed by atoms with van der Waals surface area (Å²) >= 11 is 0. The lowest BCUT2D eigenvalue weighted by Gasteiger charge is -2.08. The van der Waals surface area contributed by atoms with Gasteiger partial charge in [-0.15, -0.1) is 0 Å². The molecule has 106 valence electrons. The Balaban J connectivity index is 2.74. The van der Waals surface area contributed by atoms with Crippen molar-refractivity contribution in [3.63, 3.8) is 0 Å². The molecule has 4 heteroatoms. The van der Waals surface area contributed by atoms with E-state index < -0.39 is 0 Å². The molecule has 0 unspecified atom stereocenters. The van der Waals surface area contributed by atoms with Gasteiger partial charge < -0.3 is 10.6 Å². The van der Waals surface area contributed by atoms with Gasteiger partial charge in [0.25, 0.3) is 5.91 Å². The molecule has 0 heterocycles. The molecule has 0 aliphatic heterocycles. The van der Waals surface area contributed by atoms with Crippen molar-refractivity contribution in [2.75, 3.05) is 5.32 Å². The van der Waals surface area contributed by atoms with Gasteiger partial charge in [0, 0.05) is 17.9 Å². The van der Waals surface area contributed by atoms with Gasteiger partial charge in [0.15, 0.2) is 0 Å². The van der Waals surface area contributed by atoms with E-state index in [1.54, 1.807) is 0 Å². The van der Waals surface area contributed by atoms with Crippen LogP contribution in [0.1, 0.15) is 39.2 Å². The van der Waals surface area contributed by atoms with Gasteiger partial charge in [-0.3, -0.25) is 4.79 Å². The molecule has 4 nitrogen and oxygen atoms in total. The minimum Gasteiger partial charge on any atom is -0.360 e. The fourth-order valence-corrected chi connectivity index (χ4v) is 1.61. The zero-order valence-electron chi connectivity index (χ0n) is 12.4. The molecule has 0 radical (unpaired) electrons. The Hall–Kier alpha value is -2.28. The summed E-state index contributed by atoms with van der Waals surface area (Å²) in [6.45, 7) is 7.97. The molecule has 20 heavy (non-hydrogen) atoms. The second-order valence-electron chi connectivity index (χ2n) is 5.22. The summed E-state index contributed by atoms with van der Waals surface area (Å²) < 4.78 is 0. The lowest BCUT2D eigenvalue weighted by Crippen LogP contribution is -2.31. The fraction of sp³-hybridized carbons (Fsp3) is 0.375. The second-order valence-corrected chi connectivity index (χ2v) is 5.22. The quantitative estimate of drug-likeness (QED) is 0.638. The Morgan fingerprint density at radius 1 is 1.20 bits per heavy atom. The van der Waals surface area contributed by atoms with Crippen LogP contribution in [0.3, 0.4) is 0 Å². The zero-order chi connectivity index (χ0) is 15.1. The van der Waals surface area contributed by atoms with Gasteiger partial charge in [0.1, 0.15) is 11.6 Å². The lowest BCUT2D eigenvalue weighted by atomic mass is 10.0. The lowest BCUT2D eigenvalue weighted by molar-refractivity contribution is -0.117. The van der Waals surface area contributed by atoms with Crippen LogP contribution < -0.4 is 10.6 Å². The van der Waals surface area contributed by atoms with Crippen molar-refractivity contribution in [1.29, 1.82) is 5.26 Å². The Labute approximate surface area is 120 Å². The number of anilines is 1. The molecule has 0 saturated carbocycles. The van der Waals surface area contributed by atoms with E-state index in [2.05, 4.69) is 24.5 Å². The van der Waals surface area contributed by atoms with Crippen molar-refractivity contribution in [2.45, 2.75) is 39.7 Å². The van der Waals surface area contributed by atoms with E-state index in [0.717, 1.165) is 5.69 Å². The van der Waals surface area contributed by atoms with Gasteiger partial charge in [0.05, 0.1) is 0 Å². The second kappa shape index (κ2) is 7.34. The highest BCUT2D eigenvalue weighted by molar-refractivity contribution is 5.97. The van der Waals surface area contributed by atoms with Crippen molar-refractivity contribution < 1.29 is 4.79 Å². The summed E-state index contributed by atoms with van der Waals surface area (Å²) in [5.74, 6) is 0.111. The molecule has 0 fully saturated rings. The molecule has 1 amide bonds. The standard InChI is InChI=1S/C16H21N3O/c1-11(2)13-5-7-15(8-6-13)18-10-14(9-17)16(20)19-12(3)4/h5-8,10-12,18H,1-4H3,(H,19,20)/b14-10-. The van der Waals surface area contributed by atoms with Crippen molar-refractivity contribution in [3.8, 4) is 6.07 Å². The molecule has 0 spiro atoms. The summed E-state index contributed by atoms with van der Waals surface area (Å²) in [5, 5.41) is 14.6. The smallest absolute Gasteiger partial charge is 0.263 e. The van der Waals surface area contributed by atoms with Crippen LogP contribution in [-0.2, 0) is 4.79 Å². The van der Waals surface area contributed by atoms with E-state index in [0.29, 0.717) is 5.92 Å². The van der Waals surface area contributed by atoms with Crippen molar-refractivity contribution >= 4 is 11.6 Å². The molecular formula is C16H21N3O. The number of benzene rings is 1. The third kappa shape index (κ3) is 4.77. The average molecular weight is 271 g/mol. The van der Waals surface area contributed by atoms with Gasteiger partial charge in [-0.1, -0.05) is 26.0 Å². The van der Waals surface area contributed by atoms with Crippen LogP contribution in [0.15, 0.2) is 36.0 Å². The fourth-order valence-electron chi connectivity index (χ4n) is 1.61. The van der Waals surface area contributed by atoms with E-state index >= 15 is 0 Å². The van der Waals surface area contributed by atoms with E-state index in [4.69, 9.17) is 5.26 Å². The third-order valence-corrected chi connectivity index (χ3v) is 2.75. The first kappa shape index (κ1) is 15.8. The summed E-state index contributed by atoms with van der Waals surface area (Å²) in [6.07, 6.45) is 1.43. The van der Waals surface area contributed by atoms with Crippen LogP contribution >= 0.6 is 0 Å². The number of rotatable bonds is 5. The van der Waals surface area contributed by atoms with E-state index in [-0.39, 0.29) is 17.5 Å². The number of hydrogen-bond donors (Lipinski definition) is 2. The van der Waals surface area contributed by atoms with Gasteiger partial charge in [-0.2, -0.15) is 5.26 Å². The summed E-state index contributed by atoms with van der Waals surface area (Å²) in [4.78, 5) is 11.7. The number of nitriles is 1. The number of hydrogen-bond acceptors (Lipinski definition) is 3. The van der Waals surface area contributed by atoms with E-state index in [9.17, 15) is 4.79 Å². The highest BCUT2D eigenvalue weighted by atomic mass is 16.1. The normalized spacial score (nSPS) is 11.3. The van der Waals surface area contributed by atoms with Crippen LogP contribution in [0, 0.1) is 11.3 Å². The van der Waals surface area contributed by atoms with Crippen LogP contribution in [-0.4, -0.2) is 11.9 Å². The van der Waals surface area contributed by atoms with Crippen molar-refractivity contribution in [3.05, 3.63) is 41.6 Å². The molecule has 1 aromatic rings. The molecule has 0 aromatic heterocycles. The number of nitrogens with zero attached hydrogens (tertiary/aromatic N) is 1. The van der Waals surface area contributed by atoms with Crippen LogP contribution in [0.4, 0.5) is 5.69 Å². The molecule has 0 atom stereocenters. The summed E-state index contributed by atoms with van der Waals surface area (Å²) in [6, 6.07) is 9.82. The maximum absolute atomic E-state index is 11.7. The zero-order valence-corrected chi connectivity index (χ0v) is 12.4. The molecule has 2 N–H and O–H groups in total. The molecule has 1 rings (SSSR count). The third-order valence-electron chi connectivity index (χ3n) is 2.75. The van der Waals surface area contributed by atoms with Crippen LogP contribution in [0.25, 0.3) is 0 Å². The topological polar surface area (TPSA) is 64.9 Å². The molecule has 0 aliphatic carbocycles. The number of amides is 1. The molecule has 0 bridgehead atoms. The number of carbonyl (C=O) groups excluding carboxylic acids is 1. The molecular weight excluding hydrogens is 250 g/mol. The van der Waals surface area contributed by atoms with Crippen LogP contribution in [0.2, 0.25) is 0 Å². The van der Waals surface area contributed by atoms with E-state index in [1.807, 2.05) is 44.2 Å². The van der Waals surface area contributed by atoms with Gasteiger partial charge in [-0.25, -0.2) is 0 Å². The van der Waals surface area contributed by atoms with Crippen LogP contribution in [0.5, 0.6) is 0 Å². The highest BCUT2D eigenvalue weighted by Crippen LogP contribution is 2.17. The minimum atomic E-state index is -0.367. The maximum Gasteiger partial charge on any atom is 0.263 e. The predicted octanol–water partition coefficient (Wildman–Crippen LogP) is 3.15. The Bertz CT molecular complexity index is 522. The largest absolute Gasteiger partial charge is 0.360 e. The maximum atomic E-state index is 11.7. The first-order chi connectivity index (χ1) is 9.43. The van der Waals surface area contributed by atoms with Crippen molar-refractivity contribution in [2.24, 2.45) is 0 Å². The molecule has 0 saturated heterocycles. The first-order valence-electron chi connectivity index (χ1n) is 6.71. The van der Waals surface area contributed by atoms with Gasteiger partial charge in [0.2, 0.25) is 0 Å².